The molecule has 108 valence electrons. The second-order valence-corrected chi connectivity index (χ2v) is 5.01. The number of rotatable bonds is 8. The highest BCUT2D eigenvalue weighted by Crippen LogP contribution is 2.31. The number of benzene rings is 1. The summed E-state index contributed by atoms with van der Waals surface area (Å²) >= 11 is 0. The first kappa shape index (κ1) is 15.8. The Balaban J connectivity index is 2.30. The molecule has 1 rings (SSSR count). The lowest BCUT2D eigenvalue weighted by molar-refractivity contribution is 0.0759. The summed E-state index contributed by atoms with van der Waals surface area (Å²) in [6.45, 7) is 7.59. The maximum absolute atomic E-state index is 9.74. The molecule has 4 heteroatoms. The molecule has 1 aromatic carbocycles. The summed E-state index contributed by atoms with van der Waals surface area (Å²) in [5.74, 6) is 0.256. The molecule has 0 aliphatic heterocycles. The quantitative estimate of drug-likeness (QED) is 0.634. The smallest absolute Gasteiger partial charge is 0.124 e. The van der Waals surface area contributed by atoms with Crippen molar-refractivity contribution >= 4 is 0 Å². The highest BCUT2D eigenvalue weighted by Gasteiger charge is 2.13. The number of hydrogen-bond acceptors (Lipinski definition) is 4. The van der Waals surface area contributed by atoms with E-state index in [9.17, 15) is 10.2 Å². The molecule has 0 saturated carbocycles. The maximum Gasteiger partial charge on any atom is 0.124 e. The number of phenolic OH excluding ortho intramolecular Hbond substituents is 2. The summed E-state index contributed by atoms with van der Waals surface area (Å²) < 4.78 is 5.46. The Morgan fingerprint density at radius 3 is 2.32 bits per heavy atom. The van der Waals surface area contributed by atoms with Gasteiger partial charge in [-0.25, -0.2) is 0 Å². The molecular formula is C15H25NO3. The van der Waals surface area contributed by atoms with Crippen LogP contribution in [0.25, 0.3) is 0 Å². The first-order valence-corrected chi connectivity index (χ1v) is 6.88. The molecule has 4 nitrogen and oxygen atoms in total. The van der Waals surface area contributed by atoms with Gasteiger partial charge < -0.3 is 20.3 Å². The molecule has 0 bridgehead atoms. The SMILES string of the molecule is CC(C)OCCCCNC(C)c1c(O)cccc1O. The summed E-state index contributed by atoms with van der Waals surface area (Å²) in [7, 11) is 0. The lowest BCUT2D eigenvalue weighted by Crippen LogP contribution is -2.20. The molecule has 19 heavy (non-hydrogen) atoms. The number of hydrogen-bond donors (Lipinski definition) is 3. The molecular weight excluding hydrogens is 242 g/mol. The van der Waals surface area contributed by atoms with Crippen molar-refractivity contribution in [1.82, 2.24) is 5.32 Å². The molecule has 0 saturated heterocycles. The monoisotopic (exact) mass is 267 g/mol. The van der Waals surface area contributed by atoms with Crippen molar-refractivity contribution in [3.63, 3.8) is 0 Å². The average molecular weight is 267 g/mol. The van der Waals surface area contributed by atoms with Crippen LogP contribution in [0.4, 0.5) is 0 Å². The molecule has 0 aliphatic carbocycles. The Labute approximate surface area is 115 Å². The molecule has 0 aromatic heterocycles. The van der Waals surface area contributed by atoms with E-state index in [2.05, 4.69) is 5.32 Å². The molecule has 0 amide bonds. The third-order valence-corrected chi connectivity index (χ3v) is 2.97. The maximum atomic E-state index is 9.74. The van der Waals surface area contributed by atoms with Crippen LogP contribution in [0.3, 0.4) is 0 Å². The van der Waals surface area contributed by atoms with E-state index in [-0.39, 0.29) is 23.6 Å². The highest BCUT2D eigenvalue weighted by atomic mass is 16.5. The van der Waals surface area contributed by atoms with E-state index in [1.54, 1.807) is 18.2 Å². The van der Waals surface area contributed by atoms with Gasteiger partial charge in [0.2, 0.25) is 0 Å². The lowest BCUT2D eigenvalue weighted by atomic mass is 10.1. The summed E-state index contributed by atoms with van der Waals surface area (Å²) in [6, 6.07) is 4.73. The van der Waals surface area contributed by atoms with E-state index in [1.165, 1.54) is 0 Å². The second kappa shape index (κ2) is 8.02. The first-order valence-electron chi connectivity index (χ1n) is 6.88. The third kappa shape index (κ3) is 5.49. The van der Waals surface area contributed by atoms with Crippen molar-refractivity contribution in [2.45, 2.75) is 45.8 Å². The van der Waals surface area contributed by atoms with E-state index >= 15 is 0 Å². The zero-order chi connectivity index (χ0) is 14.3. The van der Waals surface area contributed by atoms with Gasteiger partial charge in [0.1, 0.15) is 11.5 Å². The minimum absolute atomic E-state index is 0.0767. The molecule has 0 fully saturated rings. The van der Waals surface area contributed by atoms with E-state index < -0.39 is 0 Å². The van der Waals surface area contributed by atoms with Crippen molar-refractivity contribution in [2.24, 2.45) is 0 Å². The molecule has 0 heterocycles. The van der Waals surface area contributed by atoms with Crippen LogP contribution in [0.5, 0.6) is 11.5 Å². The minimum atomic E-state index is -0.0767. The third-order valence-electron chi connectivity index (χ3n) is 2.97. The zero-order valence-corrected chi connectivity index (χ0v) is 12.0. The topological polar surface area (TPSA) is 61.7 Å². The van der Waals surface area contributed by atoms with Crippen LogP contribution in [0.15, 0.2) is 18.2 Å². The Morgan fingerprint density at radius 2 is 1.74 bits per heavy atom. The lowest BCUT2D eigenvalue weighted by Gasteiger charge is -2.17. The number of nitrogens with one attached hydrogen (secondary N) is 1. The van der Waals surface area contributed by atoms with E-state index in [4.69, 9.17) is 4.74 Å². The van der Waals surface area contributed by atoms with Crippen LogP contribution < -0.4 is 5.32 Å². The van der Waals surface area contributed by atoms with Crippen molar-refractivity contribution < 1.29 is 14.9 Å². The fourth-order valence-corrected chi connectivity index (χ4v) is 1.95. The molecule has 1 unspecified atom stereocenters. The largest absolute Gasteiger partial charge is 0.507 e. The van der Waals surface area contributed by atoms with Gasteiger partial charge >= 0.3 is 0 Å². The number of ether oxygens (including phenoxy) is 1. The molecule has 1 aromatic rings. The van der Waals surface area contributed by atoms with Crippen molar-refractivity contribution in [3.05, 3.63) is 23.8 Å². The molecule has 3 N–H and O–H groups in total. The van der Waals surface area contributed by atoms with Gasteiger partial charge in [-0.05, 0) is 52.3 Å². The van der Waals surface area contributed by atoms with Gasteiger partial charge in [-0.3, -0.25) is 0 Å². The standard InChI is InChI=1S/C15H25NO3/c1-11(2)19-10-5-4-9-16-12(3)15-13(17)7-6-8-14(15)18/h6-8,11-12,16-18H,4-5,9-10H2,1-3H3. The van der Waals surface area contributed by atoms with Crippen LogP contribution in [-0.2, 0) is 4.74 Å². The Bertz CT molecular complexity index is 359. The normalized spacial score (nSPS) is 12.8. The Morgan fingerprint density at radius 1 is 1.11 bits per heavy atom. The van der Waals surface area contributed by atoms with Crippen LogP contribution in [0, 0.1) is 0 Å². The van der Waals surface area contributed by atoms with Crippen LogP contribution in [-0.4, -0.2) is 29.5 Å². The predicted molar refractivity (Wildman–Crippen MR) is 76.5 cm³/mol. The second-order valence-electron chi connectivity index (χ2n) is 5.01. The Hall–Kier alpha value is -1.26. The molecule has 0 spiro atoms. The zero-order valence-electron chi connectivity index (χ0n) is 12.0. The number of aromatic hydroxyl groups is 2. The van der Waals surface area contributed by atoms with Gasteiger partial charge in [-0.15, -0.1) is 0 Å². The van der Waals surface area contributed by atoms with E-state index in [0.717, 1.165) is 26.0 Å². The van der Waals surface area contributed by atoms with Crippen molar-refractivity contribution in [1.29, 1.82) is 0 Å². The first-order chi connectivity index (χ1) is 9.02. The van der Waals surface area contributed by atoms with E-state index in [1.807, 2.05) is 20.8 Å². The minimum Gasteiger partial charge on any atom is -0.507 e. The fourth-order valence-electron chi connectivity index (χ4n) is 1.95. The summed E-state index contributed by atoms with van der Waals surface area (Å²) in [5, 5.41) is 22.8. The fraction of sp³-hybridized carbons (Fsp3) is 0.600. The molecule has 1 atom stereocenters. The predicted octanol–water partition coefficient (Wildman–Crippen LogP) is 2.95. The van der Waals surface area contributed by atoms with E-state index in [0.29, 0.717) is 5.56 Å². The van der Waals surface area contributed by atoms with Gasteiger partial charge in [0.15, 0.2) is 0 Å². The van der Waals surface area contributed by atoms with Crippen LogP contribution in [0.1, 0.15) is 45.2 Å². The van der Waals surface area contributed by atoms with Crippen molar-refractivity contribution in [3.8, 4) is 11.5 Å². The summed E-state index contributed by atoms with van der Waals surface area (Å²) in [6.07, 6.45) is 2.29. The van der Waals surface area contributed by atoms with Gasteiger partial charge in [0.05, 0.1) is 11.7 Å². The van der Waals surface area contributed by atoms with Gasteiger partial charge in [-0.2, -0.15) is 0 Å². The van der Waals surface area contributed by atoms with Gasteiger partial charge in [0.25, 0.3) is 0 Å². The van der Waals surface area contributed by atoms with Crippen LogP contribution in [0.2, 0.25) is 0 Å². The molecule has 0 radical (unpaired) electrons. The highest BCUT2D eigenvalue weighted by molar-refractivity contribution is 5.44. The number of unbranched alkanes of at least 4 members (excludes halogenated alkanes) is 1. The Kier molecular flexibility index (Phi) is 6.67. The van der Waals surface area contributed by atoms with Gasteiger partial charge in [0, 0.05) is 12.6 Å². The summed E-state index contributed by atoms with van der Waals surface area (Å²) in [5.41, 5.74) is 0.556. The molecule has 0 aliphatic rings. The average Bonchev–Trinajstić information content (AvgIpc) is 2.33. The summed E-state index contributed by atoms with van der Waals surface area (Å²) in [4.78, 5) is 0. The number of phenols is 2. The van der Waals surface area contributed by atoms with Gasteiger partial charge in [-0.1, -0.05) is 6.07 Å². The van der Waals surface area contributed by atoms with Crippen LogP contribution >= 0.6 is 0 Å². The van der Waals surface area contributed by atoms with Crippen molar-refractivity contribution in [2.75, 3.05) is 13.2 Å².